The summed E-state index contributed by atoms with van der Waals surface area (Å²) in [7, 11) is 1.53. The number of imide groups is 1. The monoisotopic (exact) mass is 467 g/mol. The largest absolute Gasteiger partial charge is 0.497 e. The summed E-state index contributed by atoms with van der Waals surface area (Å²) in [6, 6.07) is 10.6. The van der Waals surface area contributed by atoms with E-state index in [4.69, 9.17) is 10.5 Å². The minimum Gasteiger partial charge on any atom is -0.497 e. The number of anilines is 1. The molecule has 3 N–H and O–H groups in total. The average Bonchev–Trinajstić information content (AvgIpc) is 3.32. The van der Waals surface area contributed by atoms with Gasteiger partial charge >= 0.3 is 0 Å². The van der Waals surface area contributed by atoms with Gasteiger partial charge in [-0.2, -0.15) is 0 Å². The number of nitrogens with zero attached hydrogens (tertiary/aromatic N) is 3. The lowest BCUT2D eigenvalue weighted by Gasteiger charge is -2.25. The predicted octanol–water partition coefficient (Wildman–Crippen LogP) is 1.77. The van der Waals surface area contributed by atoms with E-state index in [1.807, 2.05) is 18.2 Å². The fraction of sp³-hybridized carbons (Fsp3) is 0.192. The smallest absolute Gasteiger partial charge is 0.254 e. The Labute approximate surface area is 201 Å². The second-order valence-electron chi connectivity index (χ2n) is 8.50. The van der Waals surface area contributed by atoms with E-state index in [9.17, 15) is 14.4 Å². The zero-order valence-electron chi connectivity index (χ0n) is 18.9. The van der Waals surface area contributed by atoms with Crippen LogP contribution in [0.2, 0.25) is 0 Å². The van der Waals surface area contributed by atoms with Crippen molar-refractivity contribution in [3.8, 4) is 28.7 Å². The zero-order valence-corrected chi connectivity index (χ0v) is 18.9. The molecule has 3 amide bonds. The van der Waals surface area contributed by atoms with E-state index < -0.39 is 17.2 Å². The summed E-state index contributed by atoms with van der Waals surface area (Å²) in [4.78, 5) is 48.0. The number of carbonyl (C=O) groups is 3. The van der Waals surface area contributed by atoms with Crippen LogP contribution in [0.25, 0.3) is 11.1 Å². The van der Waals surface area contributed by atoms with Crippen molar-refractivity contribution < 1.29 is 19.1 Å². The van der Waals surface area contributed by atoms with Crippen LogP contribution in [-0.4, -0.2) is 46.2 Å². The number of nitrogen functional groups attached to an aromatic ring is 1. The highest BCUT2D eigenvalue weighted by atomic mass is 16.5. The fourth-order valence-electron chi connectivity index (χ4n) is 4.27. The van der Waals surface area contributed by atoms with Crippen molar-refractivity contribution in [2.24, 2.45) is 5.41 Å². The topological polar surface area (TPSA) is 128 Å². The molecule has 0 aliphatic carbocycles. The Hall–Kier alpha value is -4.71. The maximum Gasteiger partial charge on any atom is 0.254 e. The summed E-state index contributed by atoms with van der Waals surface area (Å²) in [5.41, 5.74) is 7.81. The van der Waals surface area contributed by atoms with Gasteiger partial charge in [0.15, 0.2) is 0 Å². The lowest BCUT2D eigenvalue weighted by molar-refractivity contribution is -0.127. The quantitative estimate of drug-likeness (QED) is 0.442. The third-order valence-corrected chi connectivity index (χ3v) is 6.11. The van der Waals surface area contributed by atoms with E-state index in [0.29, 0.717) is 29.2 Å². The minimum atomic E-state index is -1.36. The molecule has 0 spiro atoms. The van der Waals surface area contributed by atoms with Crippen molar-refractivity contribution in [2.45, 2.75) is 13.0 Å². The molecule has 3 aromatic rings. The van der Waals surface area contributed by atoms with Crippen LogP contribution in [0.3, 0.4) is 0 Å². The first-order valence-electron chi connectivity index (χ1n) is 10.9. The molecule has 1 fully saturated rings. The van der Waals surface area contributed by atoms with Gasteiger partial charge in [-0.1, -0.05) is 17.9 Å². The summed E-state index contributed by atoms with van der Waals surface area (Å²) in [6.07, 6.45) is 4.76. The highest BCUT2D eigenvalue weighted by Gasteiger charge is 2.48. The molecule has 1 atom stereocenters. The number of nitrogens with one attached hydrogen (secondary N) is 1. The number of pyridine rings is 2. The van der Waals surface area contributed by atoms with E-state index in [1.165, 1.54) is 7.11 Å². The van der Waals surface area contributed by atoms with Crippen LogP contribution in [0, 0.1) is 17.3 Å². The number of aromatic nitrogens is 2. The van der Waals surface area contributed by atoms with E-state index in [-0.39, 0.29) is 18.9 Å². The van der Waals surface area contributed by atoms with Crippen LogP contribution in [0.1, 0.15) is 27.9 Å². The molecule has 1 aromatic carbocycles. The SMILES string of the molecule is COc1ccc2c(c1)C(=O)N(C[C@@]1(C#Cc3cncc(-c4ccc(N)nc4)c3)CC(=O)NC1=O)C2. The first-order chi connectivity index (χ1) is 16.9. The van der Waals surface area contributed by atoms with Crippen LogP contribution in [0.5, 0.6) is 5.75 Å². The second-order valence-corrected chi connectivity index (χ2v) is 8.50. The molecule has 9 nitrogen and oxygen atoms in total. The van der Waals surface area contributed by atoms with E-state index in [0.717, 1.165) is 16.7 Å². The van der Waals surface area contributed by atoms with Gasteiger partial charge in [0.25, 0.3) is 5.91 Å². The summed E-state index contributed by atoms with van der Waals surface area (Å²) < 4.78 is 5.22. The van der Waals surface area contributed by atoms with Crippen molar-refractivity contribution in [1.82, 2.24) is 20.2 Å². The van der Waals surface area contributed by atoms with Gasteiger partial charge in [0.05, 0.1) is 13.5 Å². The third kappa shape index (κ3) is 4.17. The predicted molar refractivity (Wildman–Crippen MR) is 127 cm³/mol. The molecule has 0 unspecified atom stereocenters. The lowest BCUT2D eigenvalue weighted by atomic mass is 9.85. The van der Waals surface area contributed by atoms with E-state index >= 15 is 0 Å². The van der Waals surface area contributed by atoms with Crippen molar-refractivity contribution in [2.75, 3.05) is 19.4 Å². The van der Waals surface area contributed by atoms with Gasteiger partial charge < -0.3 is 15.4 Å². The Bertz CT molecular complexity index is 1420. The Morgan fingerprint density at radius 3 is 2.69 bits per heavy atom. The van der Waals surface area contributed by atoms with Crippen molar-refractivity contribution >= 4 is 23.5 Å². The average molecular weight is 467 g/mol. The number of hydrogen-bond donors (Lipinski definition) is 2. The summed E-state index contributed by atoms with van der Waals surface area (Å²) in [6.45, 7) is 0.312. The number of benzene rings is 1. The van der Waals surface area contributed by atoms with Gasteiger partial charge in [-0.25, -0.2) is 4.98 Å². The molecule has 35 heavy (non-hydrogen) atoms. The molecule has 2 aliphatic heterocycles. The van der Waals surface area contributed by atoms with Crippen LogP contribution in [0.15, 0.2) is 55.0 Å². The number of rotatable bonds is 4. The molecule has 9 heteroatoms. The van der Waals surface area contributed by atoms with Crippen molar-refractivity contribution in [3.63, 3.8) is 0 Å². The van der Waals surface area contributed by atoms with Gasteiger partial charge in [-0.05, 0) is 35.9 Å². The standard InChI is InChI=1S/C26H21N5O4/c1-35-20-4-2-18-14-31(24(33)21(18)9-20)15-26(10-23(32)30-25(26)34)7-6-16-8-19(12-28-11-16)17-3-5-22(27)29-13-17/h2-5,8-9,11-13H,10,14-15H2,1H3,(H2,27,29)(H,30,32,34)/t26-/m1/s1. The normalized spacial score (nSPS) is 18.7. The lowest BCUT2D eigenvalue weighted by Crippen LogP contribution is -2.42. The van der Waals surface area contributed by atoms with Gasteiger partial charge in [0.2, 0.25) is 11.8 Å². The number of carbonyl (C=O) groups excluding carboxylic acids is 3. The molecular weight excluding hydrogens is 446 g/mol. The molecule has 1 saturated heterocycles. The Morgan fingerprint density at radius 2 is 1.97 bits per heavy atom. The summed E-state index contributed by atoms with van der Waals surface area (Å²) in [5, 5.41) is 2.34. The molecular formula is C26H21N5O4. The maximum atomic E-state index is 13.1. The molecule has 2 aliphatic rings. The fourth-order valence-corrected chi connectivity index (χ4v) is 4.27. The molecule has 0 saturated carbocycles. The molecule has 0 bridgehead atoms. The minimum absolute atomic E-state index is 0.0115. The van der Waals surface area contributed by atoms with E-state index in [2.05, 4.69) is 27.1 Å². The van der Waals surface area contributed by atoms with Gasteiger partial charge in [0.1, 0.15) is 17.0 Å². The number of amides is 3. The molecule has 0 radical (unpaired) electrons. The molecule has 5 rings (SSSR count). The maximum absolute atomic E-state index is 13.1. The Morgan fingerprint density at radius 1 is 1.11 bits per heavy atom. The zero-order chi connectivity index (χ0) is 24.6. The van der Waals surface area contributed by atoms with Crippen molar-refractivity contribution in [1.29, 1.82) is 0 Å². The highest BCUT2D eigenvalue weighted by molar-refractivity contribution is 6.08. The number of hydrogen-bond acceptors (Lipinski definition) is 7. The molecule has 174 valence electrons. The van der Waals surface area contributed by atoms with Gasteiger partial charge in [0, 0.05) is 53.9 Å². The number of ether oxygens (including phenoxy) is 1. The van der Waals surface area contributed by atoms with Crippen LogP contribution >= 0.6 is 0 Å². The molecule has 4 heterocycles. The molecule has 2 aromatic heterocycles. The van der Waals surface area contributed by atoms with Crippen LogP contribution in [0.4, 0.5) is 5.82 Å². The number of methoxy groups -OCH3 is 1. The Kier molecular flexibility index (Phi) is 5.41. The van der Waals surface area contributed by atoms with Crippen LogP contribution < -0.4 is 15.8 Å². The summed E-state index contributed by atoms with van der Waals surface area (Å²) in [5.74, 6) is 5.82. The van der Waals surface area contributed by atoms with E-state index in [1.54, 1.807) is 41.7 Å². The van der Waals surface area contributed by atoms with Crippen molar-refractivity contribution in [3.05, 3.63) is 71.7 Å². The first-order valence-corrected chi connectivity index (χ1v) is 10.9. The first kappa shape index (κ1) is 22.1. The van der Waals surface area contributed by atoms with Crippen LogP contribution in [-0.2, 0) is 16.1 Å². The van der Waals surface area contributed by atoms with Gasteiger partial charge in [-0.3, -0.25) is 24.7 Å². The third-order valence-electron chi connectivity index (χ3n) is 6.11. The summed E-state index contributed by atoms with van der Waals surface area (Å²) >= 11 is 0. The van der Waals surface area contributed by atoms with Gasteiger partial charge in [-0.15, -0.1) is 0 Å². The number of nitrogens with two attached hydrogens (primary N) is 1. The highest BCUT2D eigenvalue weighted by Crippen LogP contribution is 2.33. The number of fused-ring (bicyclic) bond motifs is 1. The second kappa shape index (κ2) is 8.57. The Balaban J connectivity index is 1.45.